The first-order chi connectivity index (χ1) is 5.83. The second kappa shape index (κ2) is 2.72. The molecule has 2 nitrogen and oxygen atoms in total. The molecule has 1 unspecified atom stereocenters. The zero-order valence-corrected chi connectivity index (χ0v) is 6.66. The van der Waals surface area contributed by atoms with E-state index in [1.807, 2.05) is 24.3 Å². The molecule has 1 aromatic rings. The van der Waals surface area contributed by atoms with Gasteiger partial charge in [-0.3, -0.25) is 4.79 Å². The molecule has 12 heavy (non-hydrogen) atoms. The molecular weight excluding hydrogens is 152 g/mol. The van der Waals surface area contributed by atoms with Crippen molar-refractivity contribution < 1.29 is 9.90 Å². The minimum absolute atomic E-state index is 0.0358. The van der Waals surface area contributed by atoms with Gasteiger partial charge in [0.2, 0.25) is 0 Å². The standard InChI is InChI=1S/C10H10O2/c11-6-7-5-10(12)9-4-2-1-3-8(7)9/h1-4,7,11H,5-6H2. The first-order valence-corrected chi connectivity index (χ1v) is 4.06. The van der Waals surface area contributed by atoms with Crippen molar-refractivity contribution in [3.8, 4) is 0 Å². The number of carbonyl (C=O) groups excluding carboxylic acids is 1. The normalized spacial score (nSPS) is 21.1. The zero-order valence-electron chi connectivity index (χ0n) is 6.66. The van der Waals surface area contributed by atoms with Gasteiger partial charge in [-0.2, -0.15) is 0 Å². The van der Waals surface area contributed by atoms with Crippen LogP contribution < -0.4 is 0 Å². The number of carbonyl (C=O) groups is 1. The molecule has 2 heteroatoms. The lowest BCUT2D eigenvalue weighted by molar-refractivity contribution is 0.0980. The number of rotatable bonds is 1. The smallest absolute Gasteiger partial charge is 0.163 e. The fourth-order valence-electron chi connectivity index (χ4n) is 1.71. The number of Topliss-reactive ketones (excluding diaryl/α,β-unsaturated/α-hetero) is 1. The van der Waals surface area contributed by atoms with Gasteiger partial charge >= 0.3 is 0 Å². The Labute approximate surface area is 70.8 Å². The van der Waals surface area contributed by atoms with Crippen molar-refractivity contribution in [3.05, 3.63) is 35.4 Å². The quantitative estimate of drug-likeness (QED) is 0.676. The third-order valence-electron chi connectivity index (χ3n) is 2.35. The van der Waals surface area contributed by atoms with E-state index in [1.165, 1.54) is 0 Å². The summed E-state index contributed by atoms with van der Waals surface area (Å²) in [5.74, 6) is 0.193. The van der Waals surface area contributed by atoms with Gasteiger partial charge in [0, 0.05) is 17.9 Å². The first-order valence-electron chi connectivity index (χ1n) is 4.06. The van der Waals surface area contributed by atoms with Crippen LogP contribution in [-0.2, 0) is 0 Å². The Balaban J connectivity index is 2.50. The predicted octanol–water partition coefficient (Wildman–Crippen LogP) is 1.35. The van der Waals surface area contributed by atoms with Crippen LogP contribution in [0.1, 0.15) is 28.3 Å². The molecule has 0 radical (unpaired) electrons. The molecule has 1 aliphatic rings. The molecular formula is C10H10O2. The van der Waals surface area contributed by atoms with E-state index in [2.05, 4.69) is 0 Å². The lowest BCUT2D eigenvalue weighted by atomic mass is 10.0. The Kier molecular flexibility index (Phi) is 1.70. The maximum Gasteiger partial charge on any atom is 0.163 e. The molecule has 2 rings (SSSR count). The topological polar surface area (TPSA) is 37.3 Å². The second-order valence-electron chi connectivity index (χ2n) is 3.09. The summed E-state index contributed by atoms with van der Waals surface area (Å²) in [6.07, 6.45) is 0.468. The van der Waals surface area contributed by atoms with Crippen molar-refractivity contribution in [1.29, 1.82) is 0 Å². The maximum atomic E-state index is 11.3. The van der Waals surface area contributed by atoms with Crippen molar-refractivity contribution in [2.24, 2.45) is 0 Å². The molecule has 0 bridgehead atoms. The van der Waals surface area contributed by atoms with Crippen LogP contribution in [-0.4, -0.2) is 17.5 Å². The van der Waals surface area contributed by atoms with Crippen LogP contribution in [0.2, 0.25) is 0 Å². The summed E-state index contributed by atoms with van der Waals surface area (Å²) in [4.78, 5) is 11.3. The summed E-state index contributed by atoms with van der Waals surface area (Å²) in [5, 5.41) is 8.98. The molecule has 0 spiro atoms. The Bertz CT molecular complexity index is 317. The molecule has 0 saturated carbocycles. The fraction of sp³-hybridized carbons (Fsp3) is 0.300. The summed E-state index contributed by atoms with van der Waals surface area (Å²) >= 11 is 0. The minimum atomic E-state index is 0.0358. The lowest BCUT2D eigenvalue weighted by Crippen LogP contribution is -1.98. The summed E-state index contributed by atoms with van der Waals surface area (Å²) in [5.41, 5.74) is 1.79. The maximum absolute atomic E-state index is 11.3. The number of hydrogen-bond acceptors (Lipinski definition) is 2. The van der Waals surface area contributed by atoms with E-state index in [-0.39, 0.29) is 18.3 Å². The van der Waals surface area contributed by atoms with Gasteiger partial charge in [-0.05, 0) is 5.56 Å². The van der Waals surface area contributed by atoms with Crippen molar-refractivity contribution >= 4 is 5.78 Å². The molecule has 0 saturated heterocycles. The van der Waals surface area contributed by atoms with Crippen LogP contribution in [0.25, 0.3) is 0 Å². The van der Waals surface area contributed by atoms with Gasteiger partial charge in [0.15, 0.2) is 5.78 Å². The fourth-order valence-corrected chi connectivity index (χ4v) is 1.71. The highest BCUT2D eigenvalue weighted by molar-refractivity contribution is 6.01. The molecule has 1 atom stereocenters. The number of fused-ring (bicyclic) bond motifs is 1. The van der Waals surface area contributed by atoms with Gasteiger partial charge in [-0.25, -0.2) is 0 Å². The largest absolute Gasteiger partial charge is 0.396 e. The molecule has 0 fully saturated rings. The van der Waals surface area contributed by atoms with Crippen LogP contribution in [0, 0.1) is 0 Å². The van der Waals surface area contributed by atoms with Crippen LogP contribution in [0.15, 0.2) is 24.3 Å². The lowest BCUT2D eigenvalue weighted by Gasteiger charge is -2.04. The highest BCUT2D eigenvalue weighted by Crippen LogP contribution is 2.31. The van der Waals surface area contributed by atoms with Gasteiger partial charge in [0.25, 0.3) is 0 Å². The minimum Gasteiger partial charge on any atom is -0.396 e. The average Bonchev–Trinajstić information content (AvgIpc) is 2.44. The third-order valence-corrected chi connectivity index (χ3v) is 2.35. The number of hydrogen-bond donors (Lipinski definition) is 1. The summed E-state index contributed by atoms with van der Waals surface area (Å²) in [6, 6.07) is 7.50. The number of aliphatic hydroxyl groups excluding tert-OH is 1. The molecule has 0 aromatic heterocycles. The van der Waals surface area contributed by atoms with E-state index in [1.54, 1.807) is 0 Å². The third kappa shape index (κ3) is 0.959. The molecule has 0 aliphatic heterocycles. The van der Waals surface area contributed by atoms with E-state index >= 15 is 0 Å². The van der Waals surface area contributed by atoms with E-state index < -0.39 is 0 Å². The number of aliphatic hydroxyl groups is 1. The molecule has 62 valence electrons. The summed E-state index contributed by atoms with van der Waals surface area (Å²) in [7, 11) is 0. The molecule has 0 heterocycles. The Morgan fingerprint density at radius 2 is 2.17 bits per heavy atom. The van der Waals surface area contributed by atoms with Gasteiger partial charge in [-0.1, -0.05) is 24.3 Å². The second-order valence-corrected chi connectivity index (χ2v) is 3.09. The van der Waals surface area contributed by atoms with Crippen LogP contribution in [0.3, 0.4) is 0 Å². The average molecular weight is 162 g/mol. The van der Waals surface area contributed by atoms with Crippen molar-refractivity contribution in [2.75, 3.05) is 6.61 Å². The van der Waals surface area contributed by atoms with Crippen molar-refractivity contribution in [3.63, 3.8) is 0 Å². The summed E-state index contributed by atoms with van der Waals surface area (Å²) in [6.45, 7) is 0.0722. The van der Waals surface area contributed by atoms with Crippen molar-refractivity contribution in [2.45, 2.75) is 12.3 Å². The van der Waals surface area contributed by atoms with Crippen LogP contribution in [0.4, 0.5) is 0 Å². The Hall–Kier alpha value is -1.15. The predicted molar refractivity (Wildman–Crippen MR) is 45.2 cm³/mol. The van der Waals surface area contributed by atoms with Gasteiger partial charge in [0.1, 0.15) is 0 Å². The molecule has 1 N–H and O–H groups in total. The van der Waals surface area contributed by atoms with Gasteiger partial charge < -0.3 is 5.11 Å². The number of ketones is 1. The highest BCUT2D eigenvalue weighted by atomic mass is 16.3. The molecule has 1 aromatic carbocycles. The summed E-state index contributed by atoms with van der Waals surface area (Å²) < 4.78 is 0. The SMILES string of the molecule is O=C1CC(CO)c2ccccc21. The Morgan fingerprint density at radius 1 is 1.42 bits per heavy atom. The van der Waals surface area contributed by atoms with E-state index in [0.717, 1.165) is 11.1 Å². The molecule has 1 aliphatic carbocycles. The van der Waals surface area contributed by atoms with Crippen LogP contribution >= 0.6 is 0 Å². The van der Waals surface area contributed by atoms with Gasteiger partial charge in [-0.15, -0.1) is 0 Å². The first kappa shape index (κ1) is 7.50. The number of benzene rings is 1. The molecule has 0 amide bonds. The van der Waals surface area contributed by atoms with E-state index in [9.17, 15) is 4.79 Å². The monoisotopic (exact) mass is 162 g/mol. The Morgan fingerprint density at radius 3 is 2.92 bits per heavy atom. The van der Waals surface area contributed by atoms with E-state index in [0.29, 0.717) is 6.42 Å². The van der Waals surface area contributed by atoms with Gasteiger partial charge in [0.05, 0.1) is 6.61 Å². The van der Waals surface area contributed by atoms with E-state index in [4.69, 9.17) is 5.11 Å². The van der Waals surface area contributed by atoms with Crippen LogP contribution in [0.5, 0.6) is 0 Å². The van der Waals surface area contributed by atoms with Crippen molar-refractivity contribution in [1.82, 2.24) is 0 Å². The highest BCUT2D eigenvalue weighted by Gasteiger charge is 2.27. The zero-order chi connectivity index (χ0) is 8.55.